The van der Waals surface area contributed by atoms with Crippen molar-refractivity contribution in [2.75, 3.05) is 0 Å². The van der Waals surface area contributed by atoms with Crippen LogP contribution in [0.4, 0.5) is 0 Å². The van der Waals surface area contributed by atoms with Gasteiger partial charge in [0.15, 0.2) is 0 Å². The Morgan fingerprint density at radius 2 is 2.19 bits per heavy atom. The Hall–Kier alpha value is -2.96. The van der Waals surface area contributed by atoms with Crippen molar-refractivity contribution in [3.8, 4) is 0 Å². The molecule has 0 aliphatic rings. The van der Waals surface area contributed by atoms with E-state index in [4.69, 9.17) is 0 Å². The number of amides is 1. The summed E-state index contributed by atoms with van der Waals surface area (Å²) in [5, 5.41) is 11.9. The molecule has 0 atom stereocenters. The molecular formula is C14H14N6O. The fourth-order valence-corrected chi connectivity index (χ4v) is 1.98. The van der Waals surface area contributed by atoms with Crippen LogP contribution in [-0.2, 0) is 18.4 Å². The molecule has 21 heavy (non-hydrogen) atoms. The average molecular weight is 282 g/mol. The number of hydrogen-bond donors (Lipinski definition) is 1. The van der Waals surface area contributed by atoms with Gasteiger partial charge in [-0.3, -0.25) is 4.79 Å². The number of aryl methyl sites for hydroxylation is 1. The minimum absolute atomic E-state index is 0.0744. The van der Waals surface area contributed by atoms with E-state index in [-0.39, 0.29) is 12.5 Å². The fraction of sp³-hybridized carbons (Fsp3) is 0.143. The van der Waals surface area contributed by atoms with Gasteiger partial charge in [-0.2, -0.15) is 5.10 Å². The zero-order chi connectivity index (χ0) is 14.7. The molecule has 0 saturated heterocycles. The van der Waals surface area contributed by atoms with E-state index in [9.17, 15) is 4.79 Å². The number of carbonyl (C=O) groups is 1. The third kappa shape index (κ3) is 2.81. The maximum atomic E-state index is 11.8. The lowest BCUT2D eigenvalue weighted by Crippen LogP contribution is -2.23. The number of carbonyl (C=O) groups excluding carboxylic acids is 1. The van der Waals surface area contributed by atoms with E-state index < -0.39 is 0 Å². The average Bonchev–Trinajstić information content (AvgIpc) is 3.07. The second-order valence-electron chi connectivity index (χ2n) is 4.57. The molecule has 0 aliphatic heterocycles. The minimum Gasteiger partial charge on any atom is -0.350 e. The molecule has 1 aromatic carbocycles. The smallest absolute Gasteiger partial charge is 0.261 e. The second-order valence-corrected chi connectivity index (χ2v) is 4.57. The molecule has 0 unspecified atom stereocenters. The maximum absolute atomic E-state index is 11.8. The van der Waals surface area contributed by atoms with Crippen molar-refractivity contribution in [1.82, 2.24) is 25.0 Å². The van der Waals surface area contributed by atoms with Crippen molar-refractivity contribution in [3.05, 3.63) is 48.3 Å². The van der Waals surface area contributed by atoms with Crippen molar-refractivity contribution in [1.29, 1.82) is 0 Å². The largest absolute Gasteiger partial charge is 0.350 e. The van der Waals surface area contributed by atoms with Gasteiger partial charge in [0, 0.05) is 13.2 Å². The summed E-state index contributed by atoms with van der Waals surface area (Å²) in [5.74, 6) is -0.254. The van der Waals surface area contributed by atoms with E-state index in [1.54, 1.807) is 10.9 Å². The van der Waals surface area contributed by atoms with Gasteiger partial charge >= 0.3 is 0 Å². The van der Waals surface area contributed by atoms with Crippen LogP contribution in [-0.4, -0.2) is 31.7 Å². The molecule has 0 radical (unpaired) electrons. The molecule has 7 nitrogen and oxygen atoms in total. The summed E-state index contributed by atoms with van der Waals surface area (Å²) in [5.41, 5.74) is 4.96. The first-order valence-corrected chi connectivity index (χ1v) is 6.45. The Bertz CT molecular complexity index is 801. The van der Waals surface area contributed by atoms with Crippen LogP contribution in [0.5, 0.6) is 0 Å². The van der Waals surface area contributed by atoms with Crippen molar-refractivity contribution in [3.63, 3.8) is 0 Å². The number of benzene rings is 1. The highest BCUT2D eigenvalue weighted by Crippen LogP contribution is 2.09. The predicted molar refractivity (Wildman–Crippen MR) is 78.7 cm³/mol. The van der Waals surface area contributed by atoms with Crippen molar-refractivity contribution in [2.45, 2.75) is 6.54 Å². The molecule has 0 fully saturated rings. The van der Waals surface area contributed by atoms with Crippen LogP contribution in [0.25, 0.3) is 11.0 Å². The van der Waals surface area contributed by atoms with Crippen molar-refractivity contribution < 1.29 is 4.79 Å². The lowest BCUT2D eigenvalue weighted by Gasteiger charge is -2.01. The van der Waals surface area contributed by atoms with Crippen LogP contribution in [0.3, 0.4) is 0 Å². The molecule has 1 N–H and O–H groups in total. The Balaban J connectivity index is 1.64. The number of fused-ring (bicyclic) bond motifs is 1. The van der Waals surface area contributed by atoms with Gasteiger partial charge in [0.25, 0.3) is 5.91 Å². The Labute approximate surface area is 120 Å². The SMILES string of the molecule is Cn1cccc1/C=N/NC(=O)Cn1nnc2ccccc21. The molecule has 0 spiro atoms. The van der Waals surface area contributed by atoms with Gasteiger partial charge in [0.2, 0.25) is 0 Å². The van der Waals surface area contributed by atoms with Crippen LogP contribution in [0.1, 0.15) is 5.69 Å². The summed E-state index contributed by atoms with van der Waals surface area (Å²) in [6.45, 7) is 0.0744. The van der Waals surface area contributed by atoms with E-state index in [0.29, 0.717) is 0 Å². The molecule has 0 bridgehead atoms. The van der Waals surface area contributed by atoms with Crippen LogP contribution in [0.15, 0.2) is 47.7 Å². The van der Waals surface area contributed by atoms with E-state index in [2.05, 4.69) is 20.8 Å². The Morgan fingerprint density at radius 3 is 3.00 bits per heavy atom. The number of aromatic nitrogens is 4. The van der Waals surface area contributed by atoms with Crippen molar-refractivity contribution in [2.24, 2.45) is 12.1 Å². The highest BCUT2D eigenvalue weighted by atomic mass is 16.2. The normalized spacial score (nSPS) is 11.3. The molecule has 106 valence electrons. The van der Waals surface area contributed by atoms with Gasteiger partial charge in [-0.05, 0) is 24.3 Å². The highest BCUT2D eigenvalue weighted by Gasteiger charge is 2.07. The molecule has 2 aromatic heterocycles. The number of rotatable bonds is 4. The van der Waals surface area contributed by atoms with Crippen LogP contribution in [0.2, 0.25) is 0 Å². The topological polar surface area (TPSA) is 77.1 Å². The standard InChI is InChI=1S/C14H14N6O/c1-19-8-4-5-11(19)9-15-17-14(21)10-20-13-7-3-2-6-12(13)16-18-20/h2-9H,10H2,1H3,(H,17,21)/b15-9+. The van der Waals surface area contributed by atoms with Gasteiger partial charge < -0.3 is 4.57 Å². The third-order valence-corrected chi connectivity index (χ3v) is 3.08. The van der Waals surface area contributed by atoms with Crippen LogP contribution in [0, 0.1) is 0 Å². The zero-order valence-corrected chi connectivity index (χ0v) is 11.5. The van der Waals surface area contributed by atoms with Gasteiger partial charge in [-0.1, -0.05) is 17.3 Å². The summed E-state index contributed by atoms with van der Waals surface area (Å²) in [6, 6.07) is 11.3. The fourth-order valence-electron chi connectivity index (χ4n) is 1.98. The number of para-hydroxylation sites is 1. The Kier molecular flexibility index (Phi) is 3.46. The monoisotopic (exact) mass is 282 g/mol. The van der Waals surface area contributed by atoms with Gasteiger partial charge in [0.1, 0.15) is 12.1 Å². The molecule has 0 aliphatic carbocycles. The molecule has 3 rings (SSSR count). The number of nitrogens with zero attached hydrogens (tertiary/aromatic N) is 5. The summed E-state index contributed by atoms with van der Waals surface area (Å²) in [7, 11) is 1.91. The molecule has 3 aromatic rings. The maximum Gasteiger partial charge on any atom is 0.261 e. The molecule has 7 heteroatoms. The first kappa shape index (κ1) is 13.0. The van der Waals surface area contributed by atoms with E-state index in [1.807, 2.05) is 54.2 Å². The predicted octanol–water partition coefficient (Wildman–Crippen LogP) is 0.920. The number of hydrogen-bond acceptors (Lipinski definition) is 4. The van der Waals surface area contributed by atoms with Gasteiger partial charge in [-0.25, -0.2) is 10.1 Å². The van der Waals surface area contributed by atoms with E-state index in [0.717, 1.165) is 16.7 Å². The lowest BCUT2D eigenvalue weighted by atomic mass is 10.3. The summed E-state index contributed by atoms with van der Waals surface area (Å²) >= 11 is 0. The lowest BCUT2D eigenvalue weighted by molar-refractivity contribution is -0.121. The molecule has 2 heterocycles. The minimum atomic E-state index is -0.254. The molecule has 1 amide bonds. The number of nitrogens with one attached hydrogen (secondary N) is 1. The Morgan fingerprint density at radius 1 is 1.33 bits per heavy atom. The first-order chi connectivity index (χ1) is 10.2. The summed E-state index contributed by atoms with van der Waals surface area (Å²) in [4.78, 5) is 11.8. The van der Waals surface area contributed by atoms with E-state index >= 15 is 0 Å². The molecule has 0 saturated carbocycles. The van der Waals surface area contributed by atoms with Crippen molar-refractivity contribution >= 4 is 23.2 Å². The second kappa shape index (κ2) is 5.58. The quantitative estimate of drug-likeness (QED) is 0.571. The zero-order valence-electron chi connectivity index (χ0n) is 11.5. The highest BCUT2D eigenvalue weighted by molar-refractivity contribution is 5.82. The van der Waals surface area contributed by atoms with Crippen LogP contribution >= 0.6 is 0 Å². The number of hydrazone groups is 1. The van der Waals surface area contributed by atoms with E-state index in [1.165, 1.54) is 0 Å². The first-order valence-electron chi connectivity index (χ1n) is 6.45. The summed E-state index contributed by atoms with van der Waals surface area (Å²) < 4.78 is 3.45. The van der Waals surface area contributed by atoms with Crippen LogP contribution < -0.4 is 5.43 Å². The summed E-state index contributed by atoms with van der Waals surface area (Å²) in [6.07, 6.45) is 3.50. The van der Waals surface area contributed by atoms with Gasteiger partial charge in [0.05, 0.1) is 17.4 Å². The van der Waals surface area contributed by atoms with Gasteiger partial charge in [-0.15, -0.1) is 5.10 Å². The third-order valence-electron chi connectivity index (χ3n) is 3.08. The molecular weight excluding hydrogens is 268 g/mol.